The quantitative estimate of drug-likeness (QED) is 0.778. The highest BCUT2D eigenvalue weighted by Gasteiger charge is 2.14. The first-order valence-electron chi connectivity index (χ1n) is 6.90. The van der Waals surface area contributed by atoms with Gasteiger partial charge in [-0.05, 0) is 23.6 Å². The van der Waals surface area contributed by atoms with Crippen molar-refractivity contribution >= 4 is 10.9 Å². The standard InChI is InChI=1S/C18H17NO/c1-2-13-6-3-8-15(12-13)18(20)16-10-4-7-14-9-5-11-19-17(14)16/h3-12,18,20H,2H2,1H3. The molecule has 3 rings (SSSR count). The lowest BCUT2D eigenvalue weighted by Crippen LogP contribution is -2.02. The molecule has 1 N–H and O–H groups in total. The Kier molecular flexibility index (Phi) is 3.48. The van der Waals surface area contributed by atoms with Crippen molar-refractivity contribution in [2.75, 3.05) is 0 Å². The summed E-state index contributed by atoms with van der Waals surface area (Å²) >= 11 is 0. The first-order valence-corrected chi connectivity index (χ1v) is 6.90. The van der Waals surface area contributed by atoms with Gasteiger partial charge in [0.25, 0.3) is 0 Å². The Hall–Kier alpha value is -2.19. The van der Waals surface area contributed by atoms with Crippen molar-refractivity contribution in [3.05, 3.63) is 77.5 Å². The molecule has 3 aromatic rings. The average molecular weight is 263 g/mol. The summed E-state index contributed by atoms with van der Waals surface area (Å²) in [5.74, 6) is 0. The minimum atomic E-state index is -0.639. The largest absolute Gasteiger partial charge is 0.384 e. The van der Waals surface area contributed by atoms with E-state index in [4.69, 9.17) is 0 Å². The molecule has 0 saturated carbocycles. The molecule has 0 saturated heterocycles. The molecule has 0 amide bonds. The van der Waals surface area contributed by atoms with Crippen LogP contribution < -0.4 is 0 Å². The minimum absolute atomic E-state index is 0.639. The highest BCUT2D eigenvalue weighted by Crippen LogP contribution is 2.28. The highest BCUT2D eigenvalue weighted by atomic mass is 16.3. The number of aryl methyl sites for hydroxylation is 1. The summed E-state index contributed by atoms with van der Waals surface area (Å²) in [7, 11) is 0. The number of nitrogens with zero attached hydrogens (tertiary/aromatic N) is 1. The number of aliphatic hydroxyl groups excluding tert-OH is 1. The SMILES string of the molecule is CCc1cccc(C(O)c2cccc3cccnc23)c1. The molecule has 0 aliphatic rings. The van der Waals surface area contributed by atoms with Crippen molar-refractivity contribution in [3.63, 3.8) is 0 Å². The van der Waals surface area contributed by atoms with Gasteiger partial charge < -0.3 is 5.11 Å². The molecule has 0 spiro atoms. The molecule has 2 aromatic carbocycles. The van der Waals surface area contributed by atoms with Gasteiger partial charge in [0.05, 0.1) is 5.52 Å². The van der Waals surface area contributed by atoms with E-state index in [1.54, 1.807) is 6.20 Å². The van der Waals surface area contributed by atoms with E-state index in [2.05, 4.69) is 24.0 Å². The Morgan fingerprint density at radius 3 is 2.70 bits per heavy atom. The number of benzene rings is 2. The molecular weight excluding hydrogens is 246 g/mol. The van der Waals surface area contributed by atoms with Crippen LogP contribution in [0.1, 0.15) is 29.7 Å². The fourth-order valence-corrected chi connectivity index (χ4v) is 2.51. The van der Waals surface area contributed by atoms with E-state index in [1.165, 1.54) is 5.56 Å². The van der Waals surface area contributed by atoms with Gasteiger partial charge in [0.2, 0.25) is 0 Å². The molecule has 0 radical (unpaired) electrons. The molecule has 1 unspecified atom stereocenters. The van der Waals surface area contributed by atoms with Gasteiger partial charge in [-0.15, -0.1) is 0 Å². The highest BCUT2D eigenvalue weighted by molar-refractivity contribution is 5.82. The summed E-state index contributed by atoms with van der Waals surface area (Å²) in [6, 6.07) is 18.0. The van der Waals surface area contributed by atoms with Gasteiger partial charge in [0.1, 0.15) is 6.10 Å². The monoisotopic (exact) mass is 263 g/mol. The third-order valence-electron chi connectivity index (χ3n) is 3.63. The van der Waals surface area contributed by atoms with Crippen LogP contribution in [0.3, 0.4) is 0 Å². The Balaban J connectivity index is 2.10. The van der Waals surface area contributed by atoms with Crippen LogP contribution in [0.5, 0.6) is 0 Å². The van der Waals surface area contributed by atoms with E-state index in [0.717, 1.165) is 28.5 Å². The fourth-order valence-electron chi connectivity index (χ4n) is 2.51. The molecule has 1 atom stereocenters. The zero-order valence-corrected chi connectivity index (χ0v) is 11.5. The minimum Gasteiger partial charge on any atom is -0.384 e. The van der Waals surface area contributed by atoms with Crippen LogP contribution in [0.15, 0.2) is 60.8 Å². The Bertz CT molecular complexity index is 731. The molecule has 100 valence electrons. The molecule has 1 aromatic heterocycles. The maximum atomic E-state index is 10.7. The van der Waals surface area contributed by atoms with E-state index >= 15 is 0 Å². The molecule has 20 heavy (non-hydrogen) atoms. The molecule has 0 aliphatic carbocycles. The van der Waals surface area contributed by atoms with Gasteiger partial charge in [-0.1, -0.05) is 55.5 Å². The number of para-hydroxylation sites is 1. The molecule has 0 aliphatic heterocycles. The number of pyridine rings is 1. The van der Waals surface area contributed by atoms with Gasteiger partial charge in [-0.25, -0.2) is 0 Å². The summed E-state index contributed by atoms with van der Waals surface area (Å²) in [6.45, 7) is 2.12. The predicted molar refractivity (Wildman–Crippen MR) is 81.6 cm³/mol. The number of aliphatic hydroxyl groups is 1. The molecule has 0 bridgehead atoms. The van der Waals surface area contributed by atoms with Crippen molar-refractivity contribution in [1.29, 1.82) is 0 Å². The van der Waals surface area contributed by atoms with E-state index in [1.807, 2.05) is 42.5 Å². The summed E-state index contributed by atoms with van der Waals surface area (Å²) in [6.07, 6.45) is 2.09. The molecule has 0 fully saturated rings. The molecule has 2 nitrogen and oxygen atoms in total. The second kappa shape index (κ2) is 5.43. The maximum Gasteiger partial charge on any atom is 0.106 e. The van der Waals surface area contributed by atoms with Gasteiger partial charge in [-0.3, -0.25) is 4.98 Å². The molecular formula is C18H17NO. The van der Waals surface area contributed by atoms with Gasteiger partial charge in [-0.2, -0.15) is 0 Å². The van der Waals surface area contributed by atoms with E-state index in [0.29, 0.717) is 0 Å². The summed E-state index contributed by atoms with van der Waals surface area (Å²) in [5.41, 5.74) is 3.87. The van der Waals surface area contributed by atoms with Crippen molar-refractivity contribution in [3.8, 4) is 0 Å². The number of rotatable bonds is 3. The lowest BCUT2D eigenvalue weighted by atomic mass is 9.97. The Labute approximate surface area is 118 Å². The Morgan fingerprint density at radius 2 is 1.85 bits per heavy atom. The summed E-state index contributed by atoms with van der Waals surface area (Å²) in [5, 5.41) is 11.7. The van der Waals surface area contributed by atoms with Crippen LogP contribution in [0, 0.1) is 0 Å². The topological polar surface area (TPSA) is 33.1 Å². The first kappa shape index (κ1) is 12.8. The number of hydrogen-bond donors (Lipinski definition) is 1. The molecule has 2 heteroatoms. The van der Waals surface area contributed by atoms with Crippen molar-refractivity contribution in [1.82, 2.24) is 4.98 Å². The van der Waals surface area contributed by atoms with Crippen LogP contribution in [0.2, 0.25) is 0 Å². The van der Waals surface area contributed by atoms with Gasteiger partial charge >= 0.3 is 0 Å². The first-order chi connectivity index (χ1) is 9.79. The molecule has 1 heterocycles. The van der Waals surface area contributed by atoms with Crippen LogP contribution >= 0.6 is 0 Å². The fraction of sp³-hybridized carbons (Fsp3) is 0.167. The average Bonchev–Trinajstić information content (AvgIpc) is 2.53. The van der Waals surface area contributed by atoms with Gasteiger partial charge in [0.15, 0.2) is 0 Å². The third kappa shape index (κ3) is 2.30. The summed E-state index contributed by atoms with van der Waals surface area (Å²) in [4.78, 5) is 4.41. The maximum absolute atomic E-state index is 10.7. The van der Waals surface area contributed by atoms with Crippen molar-refractivity contribution in [2.24, 2.45) is 0 Å². The second-order valence-corrected chi connectivity index (χ2v) is 4.92. The van der Waals surface area contributed by atoms with Crippen LogP contribution in [0.25, 0.3) is 10.9 Å². The van der Waals surface area contributed by atoms with E-state index < -0.39 is 6.10 Å². The number of hydrogen-bond acceptors (Lipinski definition) is 2. The number of fused-ring (bicyclic) bond motifs is 1. The van der Waals surface area contributed by atoms with E-state index in [9.17, 15) is 5.11 Å². The zero-order chi connectivity index (χ0) is 13.9. The van der Waals surface area contributed by atoms with E-state index in [-0.39, 0.29) is 0 Å². The smallest absolute Gasteiger partial charge is 0.106 e. The summed E-state index contributed by atoms with van der Waals surface area (Å²) < 4.78 is 0. The third-order valence-corrected chi connectivity index (χ3v) is 3.63. The lowest BCUT2D eigenvalue weighted by Gasteiger charge is -2.14. The number of aromatic nitrogens is 1. The van der Waals surface area contributed by atoms with Crippen molar-refractivity contribution in [2.45, 2.75) is 19.4 Å². The lowest BCUT2D eigenvalue weighted by molar-refractivity contribution is 0.221. The second-order valence-electron chi connectivity index (χ2n) is 4.92. The van der Waals surface area contributed by atoms with Gasteiger partial charge in [0, 0.05) is 17.1 Å². The predicted octanol–water partition coefficient (Wildman–Crippen LogP) is 3.88. The van der Waals surface area contributed by atoms with Crippen molar-refractivity contribution < 1.29 is 5.11 Å². The normalized spacial score (nSPS) is 12.5. The van der Waals surface area contributed by atoms with Crippen LogP contribution in [0.4, 0.5) is 0 Å². The Morgan fingerprint density at radius 1 is 1.05 bits per heavy atom. The zero-order valence-electron chi connectivity index (χ0n) is 11.5. The van der Waals surface area contributed by atoms with Crippen LogP contribution in [-0.2, 0) is 6.42 Å². The van der Waals surface area contributed by atoms with Crippen LogP contribution in [-0.4, -0.2) is 10.1 Å².